The Balaban J connectivity index is 1.70. The van der Waals surface area contributed by atoms with E-state index in [9.17, 15) is 21.6 Å². The molecule has 0 saturated heterocycles. The van der Waals surface area contributed by atoms with Gasteiger partial charge in [-0.1, -0.05) is 6.07 Å². The monoisotopic (exact) mass is 491 g/mol. The van der Waals surface area contributed by atoms with Crippen LogP contribution in [-0.4, -0.2) is 32.6 Å². The summed E-state index contributed by atoms with van der Waals surface area (Å²) in [6, 6.07) is 8.92. The van der Waals surface area contributed by atoms with Crippen LogP contribution >= 0.6 is 11.8 Å². The number of hydrogen-bond donors (Lipinski definition) is 0. The molecular formula is C21H16F3N5O2S2. The third kappa shape index (κ3) is 4.62. The molecule has 7 nitrogen and oxygen atoms in total. The van der Waals surface area contributed by atoms with E-state index in [0.29, 0.717) is 27.5 Å². The summed E-state index contributed by atoms with van der Waals surface area (Å²) in [6.45, 7) is 3.14. The Bertz CT molecular complexity index is 1420. The standard InChI is InChI=1S/C21H16F3N5O2S2/c1-13-19(32-20-26-10-8-18(27-20)15-5-4-9-25-12-15)14(2)29(28-13)33(30,31)17-7-3-6-16(11-17)21(22,23)24/h3-12H,1-2H3. The van der Waals surface area contributed by atoms with Crippen molar-refractivity contribution in [2.45, 2.75) is 35.0 Å². The second-order valence-corrected chi connectivity index (χ2v) is 9.69. The van der Waals surface area contributed by atoms with E-state index in [1.54, 1.807) is 37.6 Å². The SMILES string of the molecule is Cc1nn(S(=O)(=O)c2cccc(C(F)(F)F)c2)c(C)c1Sc1nccc(-c2cccnc2)n1. The zero-order chi connectivity index (χ0) is 23.8. The molecule has 1 aromatic carbocycles. The number of alkyl halides is 3. The van der Waals surface area contributed by atoms with Crippen LogP contribution in [0.5, 0.6) is 0 Å². The van der Waals surface area contributed by atoms with Gasteiger partial charge in [0.15, 0.2) is 5.16 Å². The normalized spacial score (nSPS) is 12.2. The van der Waals surface area contributed by atoms with Crippen LogP contribution in [0.25, 0.3) is 11.3 Å². The molecule has 3 heterocycles. The molecule has 0 bridgehead atoms. The van der Waals surface area contributed by atoms with Gasteiger partial charge in [0.1, 0.15) is 0 Å². The molecule has 0 N–H and O–H groups in total. The zero-order valence-electron chi connectivity index (χ0n) is 17.3. The van der Waals surface area contributed by atoms with E-state index in [4.69, 9.17) is 0 Å². The Morgan fingerprint density at radius 3 is 2.52 bits per heavy atom. The first kappa shape index (κ1) is 22.9. The number of nitrogens with zero attached hydrogens (tertiary/aromatic N) is 5. The minimum Gasteiger partial charge on any atom is -0.264 e. The van der Waals surface area contributed by atoms with Gasteiger partial charge < -0.3 is 0 Å². The van der Waals surface area contributed by atoms with Gasteiger partial charge in [-0.05, 0) is 62.0 Å². The second kappa shape index (κ2) is 8.60. The topological polar surface area (TPSA) is 90.6 Å². The lowest BCUT2D eigenvalue weighted by Gasteiger charge is -2.10. The molecule has 0 aliphatic rings. The molecule has 0 fully saturated rings. The zero-order valence-corrected chi connectivity index (χ0v) is 18.9. The predicted octanol–water partition coefficient (Wildman–Crippen LogP) is 4.76. The van der Waals surface area contributed by atoms with Crippen molar-refractivity contribution in [3.63, 3.8) is 0 Å². The maximum absolute atomic E-state index is 13.1. The number of benzene rings is 1. The molecule has 3 aromatic heterocycles. The molecule has 0 aliphatic heterocycles. The highest BCUT2D eigenvalue weighted by Gasteiger charge is 2.33. The molecule has 33 heavy (non-hydrogen) atoms. The van der Waals surface area contributed by atoms with Crippen molar-refractivity contribution in [3.05, 3.63) is 78.0 Å². The Kier molecular flexibility index (Phi) is 5.97. The fourth-order valence-corrected chi connectivity index (χ4v) is 5.40. The number of aromatic nitrogens is 5. The van der Waals surface area contributed by atoms with Crippen molar-refractivity contribution in [2.75, 3.05) is 0 Å². The van der Waals surface area contributed by atoms with Crippen LogP contribution in [0.2, 0.25) is 0 Å². The lowest BCUT2D eigenvalue weighted by molar-refractivity contribution is -0.137. The smallest absolute Gasteiger partial charge is 0.264 e. The summed E-state index contributed by atoms with van der Waals surface area (Å²) in [5, 5.41) is 4.45. The molecule has 0 radical (unpaired) electrons. The molecule has 12 heteroatoms. The summed E-state index contributed by atoms with van der Waals surface area (Å²) in [7, 11) is -4.35. The summed E-state index contributed by atoms with van der Waals surface area (Å²) in [5.41, 5.74) is 0.993. The first-order chi connectivity index (χ1) is 15.6. The van der Waals surface area contributed by atoms with Crippen LogP contribution in [0.1, 0.15) is 17.0 Å². The highest BCUT2D eigenvalue weighted by molar-refractivity contribution is 7.99. The third-order valence-corrected chi connectivity index (χ3v) is 7.49. The van der Waals surface area contributed by atoms with Crippen molar-refractivity contribution >= 4 is 21.8 Å². The van der Waals surface area contributed by atoms with Gasteiger partial charge in [-0.15, -0.1) is 0 Å². The average Bonchev–Trinajstić information content (AvgIpc) is 3.08. The van der Waals surface area contributed by atoms with Crippen molar-refractivity contribution in [2.24, 2.45) is 0 Å². The Labute approximate surface area is 191 Å². The third-order valence-electron chi connectivity index (χ3n) is 4.66. The van der Waals surface area contributed by atoms with Crippen molar-refractivity contribution in [1.29, 1.82) is 0 Å². The van der Waals surface area contributed by atoms with Gasteiger partial charge in [0, 0.05) is 24.2 Å². The summed E-state index contributed by atoms with van der Waals surface area (Å²) in [6.07, 6.45) is 0.212. The first-order valence-electron chi connectivity index (χ1n) is 9.48. The van der Waals surface area contributed by atoms with E-state index >= 15 is 0 Å². The maximum Gasteiger partial charge on any atom is 0.416 e. The van der Waals surface area contributed by atoms with Crippen LogP contribution in [0.15, 0.2) is 76.0 Å². The van der Waals surface area contributed by atoms with E-state index in [2.05, 4.69) is 20.1 Å². The number of hydrogen-bond acceptors (Lipinski definition) is 7. The molecule has 0 unspecified atom stereocenters. The number of halogens is 3. The molecule has 4 rings (SSSR count). The van der Waals surface area contributed by atoms with E-state index in [1.807, 2.05) is 6.07 Å². The quantitative estimate of drug-likeness (QED) is 0.372. The fourth-order valence-electron chi connectivity index (χ4n) is 3.08. The van der Waals surface area contributed by atoms with E-state index < -0.39 is 26.7 Å². The Hall–Kier alpha value is -3.25. The van der Waals surface area contributed by atoms with Gasteiger partial charge in [0.05, 0.1) is 32.4 Å². The maximum atomic E-state index is 13.1. The molecule has 0 spiro atoms. The van der Waals surface area contributed by atoms with Crippen LogP contribution in [0.4, 0.5) is 13.2 Å². The number of rotatable bonds is 5. The van der Waals surface area contributed by atoms with Crippen LogP contribution < -0.4 is 0 Å². The lowest BCUT2D eigenvalue weighted by Crippen LogP contribution is -2.17. The van der Waals surface area contributed by atoms with Gasteiger partial charge >= 0.3 is 6.18 Å². The summed E-state index contributed by atoms with van der Waals surface area (Å²) in [4.78, 5) is 12.8. The second-order valence-electron chi connectivity index (χ2n) is 6.94. The molecule has 0 saturated carbocycles. The summed E-state index contributed by atoms with van der Waals surface area (Å²) >= 11 is 1.12. The molecule has 4 aromatic rings. The van der Waals surface area contributed by atoms with Gasteiger partial charge in [-0.25, -0.2) is 9.97 Å². The van der Waals surface area contributed by atoms with Crippen molar-refractivity contribution < 1.29 is 21.6 Å². The Morgan fingerprint density at radius 1 is 1.03 bits per heavy atom. The average molecular weight is 492 g/mol. The highest BCUT2D eigenvalue weighted by atomic mass is 32.2. The van der Waals surface area contributed by atoms with Gasteiger partial charge in [0.25, 0.3) is 10.0 Å². The first-order valence-corrected chi connectivity index (χ1v) is 11.7. The minimum absolute atomic E-state index is 0.241. The molecule has 0 aliphatic carbocycles. The van der Waals surface area contributed by atoms with Gasteiger partial charge in [-0.2, -0.15) is 30.8 Å². The number of aryl methyl sites for hydroxylation is 1. The molecule has 170 valence electrons. The van der Waals surface area contributed by atoms with Gasteiger partial charge in [0.2, 0.25) is 0 Å². The fraction of sp³-hybridized carbons (Fsp3) is 0.143. The molecule has 0 atom stereocenters. The van der Waals surface area contributed by atoms with Crippen LogP contribution in [0, 0.1) is 13.8 Å². The van der Waals surface area contributed by atoms with E-state index in [-0.39, 0.29) is 5.69 Å². The van der Waals surface area contributed by atoms with Crippen molar-refractivity contribution in [1.82, 2.24) is 24.1 Å². The minimum atomic E-state index is -4.67. The number of pyridine rings is 1. The van der Waals surface area contributed by atoms with Crippen LogP contribution in [-0.2, 0) is 16.2 Å². The van der Waals surface area contributed by atoms with E-state index in [0.717, 1.165) is 39.6 Å². The van der Waals surface area contributed by atoms with Crippen LogP contribution in [0.3, 0.4) is 0 Å². The summed E-state index contributed by atoms with van der Waals surface area (Å²) in [5.74, 6) is 0. The van der Waals surface area contributed by atoms with Gasteiger partial charge in [-0.3, -0.25) is 4.98 Å². The molecule has 0 amide bonds. The molecular weight excluding hydrogens is 475 g/mol. The predicted molar refractivity (Wildman–Crippen MR) is 115 cm³/mol. The van der Waals surface area contributed by atoms with E-state index in [1.165, 1.54) is 6.92 Å². The highest BCUT2D eigenvalue weighted by Crippen LogP contribution is 2.34. The Morgan fingerprint density at radius 2 is 1.82 bits per heavy atom. The van der Waals surface area contributed by atoms with Crippen molar-refractivity contribution in [3.8, 4) is 11.3 Å². The largest absolute Gasteiger partial charge is 0.416 e. The summed E-state index contributed by atoms with van der Waals surface area (Å²) < 4.78 is 66.1. The lowest BCUT2D eigenvalue weighted by atomic mass is 10.2.